The number of fused-ring (bicyclic) bond motifs is 3. The van der Waals surface area contributed by atoms with E-state index in [0.717, 1.165) is 40.5 Å². The van der Waals surface area contributed by atoms with E-state index in [-0.39, 0.29) is 12.1 Å². The highest BCUT2D eigenvalue weighted by atomic mass is 32.1. The molecule has 0 bridgehead atoms. The van der Waals surface area contributed by atoms with E-state index in [1.807, 2.05) is 18.2 Å². The first kappa shape index (κ1) is 15.5. The van der Waals surface area contributed by atoms with E-state index in [9.17, 15) is 4.79 Å². The van der Waals surface area contributed by atoms with Gasteiger partial charge in [-0.3, -0.25) is 4.79 Å². The van der Waals surface area contributed by atoms with Gasteiger partial charge in [0.1, 0.15) is 11.2 Å². The molecular weight excluding hydrogens is 316 g/mol. The first-order valence-corrected chi connectivity index (χ1v) is 9.38. The Bertz CT molecular complexity index is 807. The Hall–Kier alpha value is -2.07. The molecule has 2 aliphatic rings. The van der Waals surface area contributed by atoms with E-state index in [1.54, 1.807) is 11.3 Å². The molecule has 0 fully saturated rings. The first-order chi connectivity index (χ1) is 11.6. The molecule has 24 heavy (non-hydrogen) atoms. The lowest BCUT2D eigenvalue weighted by molar-refractivity contribution is 0.0941. The number of hydrogen-bond donors (Lipinski definition) is 2. The van der Waals surface area contributed by atoms with Crippen LogP contribution < -0.4 is 10.6 Å². The highest BCUT2D eigenvalue weighted by molar-refractivity contribution is 7.16. The molecule has 2 aromatic rings. The zero-order valence-electron chi connectivity index (χ0n) is 14.1. The van der Waals surface area contributed by atoms with Crippen LogP contribution in [0.4, 0.5) is 5.00 Å². The van der Waals surface area contributed by atoms with E-state index >= 15 is 0 Å². The van der Waals surface area contributed by atoms with Gasteiger partial charge in [0, 0.05) is 4.88 Å². The molecule has 1 aliphatic heterocycles. The molecule has 0 radical (unpaired) electrons. The number of rotatable bonds is 2. The maximum absolute atomic E-state index is 12.7. The van der Waals surface area contributed by atoms with E-state index < -0.39 is 0 Å². The zero-order chi connectivity index (χ0) is 16.7. The van der Waals surface area contributed by atoms with Gasteiger partial charge in [-0.2, -0.15) is 0 Å². The van der Waals surface area contributed by atoms with Crippen molar-refractivity contribution in [1.82, 2.24) is 5.32 Å². The van der Waals surface area contributed by atoms with Gasteiger partial charge in [-0.15, -0.1) is 11.3 Å². The van der Waals surface area contributed by atoms with E-state index in [1.165, 1.54) is 16.9 Å². The fourth-order valence-electron chi connectivity index (χ4n) is 3.59. The number of anilines is 1. The van der Waals surface area contributed by atoms with Gasteiger partial charge in [0.25, 0.3) is 5.91 Å². The number of carbonyl (C=O) groups excluding carboxylic acids is 1. The summed E-state index contributed by atoms with van der Waals surface area (Å²) in [5, 5.41) is 7.71. The van der Waals surface area contributed by atoms with Gasteiger partial charge in [0.15, 0.2) is 0 Å². The highest BCUT2D eigenvalue weighted by Gasteiger charge is 2.32. The van der Waals surface area contributed by atoms with Crippen LogP contribution in [0.5, 0.6) is 0 Å². The lowest BCUT2D eigenvalue weighted by atomic mass is 9.88. The third-order valence-electron chi connectivity index (χ3n) is 4.94. The minimum atomic E-state index is -0.136. The summed E-state index contributed by atoms with van der Waals surface area (Å²) in [6.45, 7) is 4.36. The highest BCUT2D eigenvalue weighted by Crippen LogP contribution is 2.41. The molecule has 0 unspecified atom stereocenters. The summed E-state index contributed by atoms with van der Waals surface area (Å²) in [4.78, 5) is 14.1. The molecule has 1 aliphatic carbocycles. The molecule has 0 saturated heterocycles. The summed E-state index contributed by atoms with van der Waals surface area (Å²) < 4.78 is 0. The normalized spacial score (nSPS) is 23.1. The molecule has 0 spiro atoms. The maximum Gasteiger partial charge on any atom is 0.256 e. The summed E-state index contributed by atoms with van der Waals surface area (Å²) in [5.41, 5.74) is 4.43. The lowest BCUT2D eigenvalue weighted by Crippen LogP contribution is -2.45. The summed E-state index contributed by atoms with van der Waals surface area (Å²) in [5.74, 6) is 0.790. The largest absolute Gasteiger partial charge is 0.353 e. The SMILES string of the molecule is C/C(=C\c1ccccc1)[C@H]1NC(=O)c2c(sc3c2CC[C@H](C)C3)N1. The van der Waals surface area contributed by atoms with Crippen molar-refractivity contribution in [1.29, 1.82) is 0 Å². The third-order valence-corrected chi connectivity index (χ3v) is 6.12. The smallest absolute Gasteiger partial charge is 0.256 e. The minimum absolute atomic E-state index is 0.0709. The first-order valence-electron chi connectivity index (χ1n) is 8.57. The van der Waals surface area contributed by atoms with E-state index in [2.05, 4.69) is 42.7 Å². The molecule has 124 valence electrons. The minimum Gasteiger partial charge on any atom is -0.353 e. The van der Waals surface area contributed by atoms with Gasteiger partial charge in [0.05, 0.1) is 5.56 Å². The second-order valence-electron chi connectivity index (χ2n) is 6.91. The van der Waals surface area contributed by atoms with Gasteiger partial charge in [-0.25, -0.2) is 0 Å². The van der Waals surface area contributed by atoms with Gasteiger partial charge >= 0.3 is 0 Å². The second-order valence-corrected chi connectivity index (χ2v) is 8.01. The predicted octanol–water partition coefficient (Wildman–Crippen LogP) is 4.46. The van der Waals surface area contributed by atoms with Crippen LogP contribution in [-0.4, -0.2) is 12.1 Å². The van der Waals surface area contributed by atoms with Crippen LogP contribution in [0, 0.1) is 5.92 Å². The third kappa shape index (κ3) is 2.75. The number of thiophene rings is 1. The molecule has 1 aromatic heterocycles. The molecule has 4 heteroatoms. The molecule has 2 atom stereocenters. The fraction of sp³-hybridized carbons (Fsp3) is 0.350. The van der Waals surface area contributed by atoms with Crippen LogP contribution >= 0.6 is 11.3 Å². The Balaban J connectivity index is 1.63. The Kier molecular flexibility index (Phi) is 3.93. The van der Waals surface area contributed by atoms with Crippen LogP contribution in [-0.2, 0) is 12.8 Å². The van der Waals surface area contributed by atoms with Crippen molar-refractivity contribution in [3.05, 3.63) is 57.5 Å². The second kappa shape index (κ2) is 6.10. The molecule has 4 rings (SSSR count). The number of nitrogens with one attached hydrogen (secondary N) is 2. The molecule has 1 amide bonds. The van der Waals surface area contributed by atoms with Gasteiger partial charge in [0.2, 0.25) is 0 Å². The average molecular weight is 338 g/mol. The van der Waals surface area contributed by atoms with Crippen molar-refractivity contribution in [2.24, 2.45) is 5.92 Å². The number of hydrogen-bond acceptors (Lipinski definition) is 3. The molecule has 2 heterocycles. The lowest BCUT2D eigenvalue weighted by Gasteiger charge is -2.27. The fourth-order valence-corrected chi connectivity index (χ4v) is 5.02. The Morgan fingerprint density at radius 1 is 1.25 bits per heavy atom. The zero-order valence-corrected chi connectivity index (χ0v) is 14.9. The molecule has 2 N–H and O–H groups in total. The van der Waals surface area contributed by atoms with Crippen molar-refractivity contribution < 1.29 is 4.79 Å². The van der Waals surface area contributed by atoms with Crippen molar-refractivity contribution in [3.8, 4) is 0 Å². The van der Waals surface area contributed by atoms with Crippen LogP contribution in [0.25, 0.3) is 6.08 Å². The quantitative estimate of drug-likeness (QED) is 0.849. The standard InChI is InChI=1S/C20H22N2OS/c1-12-8-9-15-16(10-12)24-20-17(15)19(23)21-18(22-20)13(2)11-14-6-4-3-5-7-14/h3-7,11-12,18,22H,8-10H2,1-2H3,(H,21,23)/b13-11+/t12-,18-/m0/s1. The average Bonchev–Trinajstić information content (AvgIpc) is 2.93. The predicted molar refractivity (Wildman–Crippen MR) is 100 cm³/mol. The van der Waals surface area contributed by atoms with Crippen LogP contribution in [0.15, 0.2) is 35.9 Å². The van der Waals surface area contributed by atoms with E-state index in [0.29, 0.717) is 0 Å². The van der Waals surface area contributed by atoms with Gasteiger partial charge < -0.3 is 10.6 Å². The van der Waals surface area contributed by atoms with Gasteiger partial charge in [-0.05, 0) is 48.8 Å². The van der Waals surface area contributed by atoms with Crippen molar-refractivity contribution in [2.45, 2.75) is 39.3 Å². The summed E-state index contributed by atoms with van der Waals surface area (Å²) in [7, 11) is 0. The van der Waals surface area contributed by atoms with Crippen molar-refractivity contribution in [2.75, 3.05) is 5.32 Å². The number of amides is 1. The monoisotopic (exact) mass is 338 g/mol. The maximum atomic E-state index is 12.7. The number of carbonyl (C=O) groups is 1. The number of benzene rings is 1. The van der Waals surface area contributed by atoms with E-state index in [4.69, 9.17) is 0 Å². The van der Waals surface area contributed by atoms with Crippen LogP contribution in [0.1, 0.15) is 46.6 Å². The molecule has 3 nitrogen and oxygen atoms in total. The van der Waals surface area contributed by atoms with Crippen LogP contribution in [0.2, 0.25) is 0 Å². The van der Waals surface area contributed by atoms with Crippen molar-refractivity contribution >= 4 is 28.3 Å². The molecule has 1 aromatic carbocycles. The Morgan fingerprint density at radius 2 is 2.04 bits per heavy atom. The Labute approximate surface area is 146 Å². The van der Waals surface area contributed by atoms with Gasteiger partial charge in [-0.1, -0.05) is 43.3 Å². The summed E-state index contributed by atoms with van der Waals surface area (Å²) in [6, 6.07) is 10.2. The summed E-state index contributed by atoms with van der Waals surface area (Å²) in [6.07, 6.45) is 5.30. The Morgan fingerprint density at radius 3 is 2.83 bits per heavy atom. The molecule has 0 saturated carbocycles. The van der Waals surface area contributed by atoms with Crippen LogP contribution in [0.3, 0.4) is 0 Å². The molecular formula is C20H22N2OS. The topological polar surface area (TPSA) is 41.1 Å². The van der Waals surface area contributed by atoms with Crippen molar-refractivity contribution in [3.63, 3.8) is 0 Å². The summed E-state index contributed by atoms with van der Waals surface area (Å²) >= 11 is 1.77.